The van der Waals surface area contributed by atoms with E-state index >= 15 is 0 Å². The third kappa shape index (κ3) is 2.70. The van der Waals surface area contributed by atoms with Crippen molar-refractivity contribution in [2.45, 2.75) is 25.3 Å². The SMILES string of the molecule is CC(O)C(O)c1ccc(F)c(C(F)(F)F)c1. The van der Waals surface area contributed by atoms with Crippen molar-refractivity contribution in [1.82, 2.24) is 0 Å². The van der Waals surface area contributed by atoms with Gasteiger partial charge in [-0.05, 0) is 24.6 Å². The van der Waals surface area contributed by atoms with E-state index in [9.17, 15) is 22.7 Å². The van der Waals surface area contributed by atoms with Gasteiger partial charge in [0, 0.05) is 0 Å². The third-order valence-electron chi connectivity index (χ3n) is 2.09. The Bertz CT molecular complexity index is 374. The molecule has 0 aliphatic heterocycles. The van der Waals surface area contributed by atoms with Crippen LogP contribution in [0.2, 0.25) is 0 Å². The fraction of sp³-hybridized carbons (Fsp3) is 0.400. The molecule has 90 valence electrons. The summed E-state index contributed by atoms with van der Waals surface area (Å²) in [7, 11) is 0. The minimum atomic E-state index is -4.82. The first-order chi connectivity index (χ1) is 7.23. The van der Waals surface area contributed by atoms with Crippen molar-refractivity contribution in [2.24, 2.45) is 0 Å². The Morgan fingerprint density at radius 3 is 2.19 bits per heavy atom. The van der Waals surface area contributed by atoms with Gasteiger partial charge in [-0.2, -0.15) is 13.2 Å². The lowest BCUT2D eigenvalue weighted by Gasteiger charge is -2.16. The van der Waals surface area contributed by atoms with Crippen LogP contribution in [0, 0.1) is 5.82 Å². The summed E-state index contributed by atoms with van der Waals surface area (Å²) < 4.78 is 49.8. The molecule has 0 spiro atoms. The summed E-state index contributed by atoms with van der Waals surface area (Å²) >= 11 is 0. The fourth-order valence-corrected chi connectivity index (χ4v) is 1.22. The van der Waals surface area contributed by atoms with E-state index in [0.29, 0.717) is 12.1 Å². The van der Waals surface area contributed by atoms with E-state index in [1.807, 2.05) is 0 Å². The summed E-state index contributed by atoms with van der Waals surface area (Å²) in [4.78, 5) is 0. The third-order valence-corrected chi connectivity index (χ3v) is 2.09. The zero-order valence-corrected chi connectivity index (χ0v) is 8.29. The van der Waals surface area contributed by atoms with E-state index in [0.717, 1.165) is 6.07 Å². The van der Waals surface area contributed by atoms with Crippen molar-refractivity contribution in [3.8, 4) is 0 Å². The van der Waals surface area contributed by atoms with Crippen LogP contribution in [0.3, 0.4) is 0 Å². The Hall–Kier alpha value is -1.14. The summed E-state index contributed by atoms with van der Waals surface area (Å²) in [6, 6.07) is 2.11. The Kier molecular flexibility index (Phi) is 3.54. The highest BCUT2D eigenvalue weighted by Crippen LogP contribution is 2.33. The largest absolute Gasteiger partial charge is 0.419 e. The van der Waals surface area contributed by atoms with Gasteiger partial charge >= 0.3 is 6.18 Å². The van der Waals surface area contributed by atoms with Crippen molar-refractivity contribution in [3.05, 3.63) is 35.1 Å². The standard InChI is InChI=1S/C10H10F4O2/c1-5(15)9(16)6-2-3-8(11)7(4-6)10(12,13)14/h2-5,9,15-16H,1H3. The van der Waals surface area contributed by atoms with Gasteiger partial charge < -0.3 is 10.2 Å². The van der Waals surface area contributed by atoms with Crippen LogP contribution in [-0.4, -0.2) is 16.3 Å². The highest BCUT2D eigenvalue weighted by molar-refractivity contribution is 5.29. The van der Waals surface area contributed by atoms with E-state index < -0.39 is 29.8 Å². The Balaban J connectivity index is 3.18. The first kappa shape index (κ1) is 12.9. The van der Waals surface area contributed by atoms with Gasteiger partial charge in [0.25, 0.3) is 0 Å². The lowest BCUT2D eigenvalue weighted by Crippen LogP contribution is -2.16. The topological polar surface area (TPSA) is 40.5 Å². The Morgan fingerprint density at radius 1 is 1.19 bits per heavy atom. The van der Waals surface area contributed by atoms with E-state index in [1.54, 1.807) is 0 Å². The molecule has 0 aliphatic carbocycles. The molecule has 16 heavy (non-hydrogen) atoms. The molecule has 0 bridgehead atoms. The zero-order valence-electron chi connectivity index (χ0n) is 8.29. The maximum Gasteiger partial charge on any atom is 0.419 e. The molecule has 1 aromatic rings. The fourth-order valence-electron chi connectivity index (χ4n) is 1.22. The average molecular weight is 238 g/mol. The van der Waals surface area contributed by atoms with Crippen molar-refractivity contribution in [2.75, 3.05) is 0 Å². The molecule has 0 saturated carbocycles. The van der Waals surface area contributed by atoms with Gasteiger partial charge in [-0.3, -0.25) is 0 Å². The number of hydrogen-bond donors (Lipinski definition) is 2. The zero-order chi connectivity index (χ0) is 12.5. The molecule has 2 atom stereocenters. The van der Waals surface area contributed by atoms with Crippen LogP contribution < -0.4 is 0 Å². The number of alkyl halides is 3. The summed E-state index contributed by atoms with van der Waals surface area (Å²) in [5.74, 6) is -1.41. The second-order valence-corrected chi connectivity index (χ2v) is 3.42. The summed E-state index contributed by atoms with van der Waals surface area (Å²) in [5, 5.41) is 18.4. The van der Waals surface area contributed by atoms with Gasteiger partial charge in [0.05, 0.1) is 11.7 Å². The minimum Gasteiger partial charge on any atom is -0.390 e. The van der Waals surface area contributed by atoms with Gasteiger partial charge in [-0.25, -0.2) is 4.39 Å². The van der Waals surface area contributed by atoms with Gasteiger partial charge in [0.15, 0.2) is 0 Å². The molecule has 2 nitrogen and oxygen atoms in total. The molecule has 0 aromatic heterocycles. The van der Waals surface area contributed by atoms with E-state index in [2.05, 4.69) is 0 Å². The summed E-state index contributed by atoms with van der Waals surface area (Å²) in [5.41, 5.74) is -1.63. The monoisotopic (exact) mass is 238 g/mol. The van der Waals surface area contributed by atoms with Gasteiger partial charge in [0.1, 0.15) is 11.9 Å². The average Bonchev–Trinajstić information content (AvgIpc) is 2.15. The number of aliphatic hydroxyl groups is 2. The predicted molar refractivity (Wildman–Crippen MR) is 48.0 cm³/mol. The van der Waals surface area contributed by atoms with Gasteiger partial charge in [-0.15, -0.1) is 0 Å². The van der Waals surface area contributed by atoms with Crippen molar-refractivity contribution in [3.63, 3.8) is 0 Å². The molecule has 0 fully saturated rings. The van der Waals surface area contributed by atoms with Crippen LogP contribution in [0.5, 0.6) is 0 Å². The maximum atomic E-state index is 12.9. The van der Waals surface area contributed by atoms with Crippen LogP contribution in [0.25, 0.3) is 0 Å². The molecular weight excluding hydrogens is 228 g/mol. The molecule has 0 amide bonds. The first-order valence-corrected chi connectivity index (χ1v) is 4.46. The van der Waals surface area contributed by atoms with E-state index in [-0.39, 0.29) is 5.56 Å². The van der Waals surface area contributed by atoms with Crippen LogP contribution >= 0.6 is 0 Å². The summed E-state index contributed by atoms with van der Waals surface area (Å²) in [6.45, 7) is 1.22. The van der Waals surface area contributed by atoms with Crippen LogP contribution in [0.4, 0.5) is 17.6 Å². The molecule has 0 heterocycles. The number of aliphatic hydroxyl groups excluding tert-OH is 2. The molecule has 0 radical (unpaired) electrons. The highest BCUT2D eigenvalue weighted by atomic mass is 19.4. The molecule has 1 aromatic carbocycles. The Morgan fingerprint density at radius 2 is 1.75 bits per heavy atom. The lowest BCUT2D eigenvalue weighted by molar-refractivity contribution is -0.140. The molecule has 0 saturated heterocycles. The normalized spacial score (nSPS) is 15.9. The predicted octanol–water partition coefficient (Wildman–Crippen LogP) is 2.26. The highest BCUT2D eigenvalue weighted by Gasteiger charge is 2.34. The lowest BCUT2D eigenvalue weighted by atomic mass is 10.0. The van der Waals surface area contributed by atoms with Crippen LogP contribution in [-0.2, 0) is 6.18 Å². The molecule has 2 unspecified atom stereocenters. The molecule has 0 aliphatic rings. The van der Waals surface area contributed by atoms with Crippen LogP contribution in [0.15, 0.2) is 18.2 Å². The number of rotatable bonds is 2. The van der Waals surface area contributed by atoms with Gasteiger partial charge in [0.2, 0.25) is 0 Å². The molecule has 6 heteroatoms. The smallest absolute Gasteiger partial charge is 0.390 e. The van der Waals surface area contributed by atoms with Gasteiger partial charge in [-0.1, -0.05) is 6.07 Å². The number of halogens is 4. The summed E-state index contributed by atoms with van der Waals surface area (Å²) in [6.07, 6.45) is -7.52. The first-order valence-electron chi connectivity index (χ1n) is 4.46. The number of hydrogen-bond acceptors (Lipinski definition) is 2. The van der Waals surface area contributed by atoms with Crippen LogP contribution in [0.1, 0.15) is 24.2 Å². The second-order valence-electron chi connectivity index (χ2n) is 3.42. The van der Waals surface area contributed by atoms with E-state index in [4.69, 9.17) is 5.11 Å². The number of benzene rings is 1. The van der Waals surface area contributed by atoms with E-state index in [1.165, 1.54) is 6.92 Å². The quantitative estimate of drug-likeness (QED) is 0.776. The molecular formula is C10H10F4O2. The maximum absolute atomic E-state index is 12.9. The van der Waals surface area contributed by atoms with Crippen molar-refractivity contribution < 1.29 is 27.8 Å². The Labute approximate surface area is 89.1 Å². The van der Waals surface area contributed by atoms with Crippen molar-refractivity contribution >= 4 is 0 Å². The second kappa shape index (κ2) is 4.39. The minimum absolute atomic E-state index is 0.177. The van der Waals surface area contributed by atoms with Crippen molar-refractivity contribution in [1.29, 1.82) is 0 Å². The molecule has 2 N–H and O–H groups in total. The molecule has 1 rings (SSSR count).